The molecule has 3 rings (SSSR count). The number of rotatable bonds is 6. The van der Waals surface area contributed by atoms with E-state index in [0.29, 0.717) is 6.07 Å². The summed E-state index contributed by atoms with van der Waals surface area (Å²) >= 11 is 0. The van der Waals surface area contributed by atoms with Gasteiger partial charge in [-0.25, -0.2) is 0 Å². The topological polar surface area (TPSA) is 240 Å². The second kappa shape index (κ2) is 11.3. The van der Waals surface area contributed by atoms with Gasteiger partial charge in [-0.1, -0.05) is 0 Å². The molecule has 172 valence electrons. The number of hydrogen-bond acceptors (Lipinski definition) is 11. The third-order valence-corrected chi connectivity index (χ3v) is 5.94. The summed E-state index contributed by atoms with van der Waals surface area (Å²) in [6.07, 6.45) is 0. The van der Waals surface area contributed by atoms with Gasteiger partial charge in [0.15, 0.2) is 11.4 Å². The summed E-state index contributed by atoms with van der Waals surface area (Å²) in [4.78, 5) is 18.5. The number of fused-ring (bicyclic) bond motifs is 1. The van der Waals surface area contributed by atoms with Crippen LogP contribution in [0.1, 0.15) is 0 Å². The Balaban J connectivity index is 0.00000306. The van der Waals surface area contributed by atoms with Gasteiger partial charge in [-0.3, -0.25) is 29.3 Å². The van der Waals surface area contributed by atoms with Gasteiger partial charge in [0.2, 0.25) is 0 Å². The predicted octanol–water partition coefficient (Wildman–Crippen LogP) is -2.72. The van der Waals surface area contributed by atoms with E-state index in [4.69, 9.17) is 4.55 Å². The van der Waals surface area contributed by atoms with E-state index in [-0.39, 0.29) is 69.9 Å². The standard InChI is InChI=1S/C16H10N4O11S2.2Na/c21-16-11-3-2-10(32(26,27)28)5-8(11)6-14(33(29,30)31)15(16)18-17-12-4-1-9(19(22)23)7-13(12)20(24)25;;/h1-7,21H,(H,26,27,28)(H,29,30,31);;/q;2*+1. The number of aromatic hydroxyl groups is 1. The van der Waals surface area contributed by atoms with Crippen LogP contribution in [0.25, 0.3) is 10.8 Å². The van der Waals surface area contributed by atoms with E-state index in [0.717, 1.165) is 36.4 Å². The van der Waals surface area contributed by atoms with Crippen LogP contribution < -0.4 is 59.1 Å². The van der Waals surface area contributed by atoms with Crippen molar-refractivity contribution in [2.45, 2.75) is 9.79 Å². The smallest absolute Gasteiger partial charge is 0.505 e. The Morgan fingerprint density at radius 1 is 0.800 bits per heavy atom. The van der Waals surface area contributed by atoms with Gasteiger partial charge in [0.05, 0.1) is 20.8 Å². The summed E-state index contributed by atoms with van der Waals surface area (Å²) in [5, 5.41) is 39.1. The summed E-state index contributed by atoms with van der Waals surface area (Å²) in [5.74, 6) is -0.893. The van der Waals surface area contributed by atoms with Crippen molar-refractivity contribution in [2.75, 3.05) is 0 Å². The van der Waals surface area contributed by atoms with E-state index in [1.54, 1.807) is 0 Å². The van der Waals surface area contributed by atoms with Crippen LogP contribution in [0, 0.1) is 20.2 Å². The second-order valence-electron chi connectivity index (χ2n) is 6.29. The molecule has 35 heavy (non-hydrogen) atoms. The van der Waals surface area contributed by atoms with Gasteiger partial charge < -0.3 is 5.11 Å². The molecule has 0 spiro atoms. The van der Waals surface area contributed by atoms with Crippen molar-refractivity contribution in [1.82, 2.24) is 0 Å². The van der Waals surface area contributed by atoms with E-state index >= 15 is 0 Å². The SMILES string of the molecule is O=[N+]([O-])c1ccc(N=Nc2c(S(=O)(=O)O)cc3cc(S(=O)(=O)O)ccc3c2O)c([N+](=O)[O-])c1.[Na+].[Na+]. The van der Waals surface area contributed by atoms with Gasteiger partial charge in [0, 0.05) is 11.5 Å². The molecule has 0 aliphatic heterocycles. The van der Waals surface area contributed by atoms with Crippen LogP contribution in [-0.2, 0) is 20.2 Å². The molecular formula is C16H10N4Na2O11S2+2. The number of phenols is 1. The zero-order chi connectivity index (χ0) is 24.7. The van der Waals surface area contributed by atoms with Gasteiger partial charge in [-0.05, 0) is 35.7 Å². The molecule has 0 heterocycles. The molecule has 3 aromatic carbocycles. The molecule has 0 aliphatic carbocycles. The average Bonchev–Trinajstić information content (AvgIpc) is 2.70. The number of phenolic OH excluding ortho intramolecular Hbond substituents is 1. The molecule has 0 amide bonds. The monoisotopic (exact) mass is 544 g/mol. The Bertz CT molecular complexity index is 1590. The fourth-order valence-electron chi connectivity index (χ4n) is 2.74. The molecule has 0 radical (unpaired) electrons. The van der Waals surface area contributed by atoms with E-state index in [1.807, 2.05) is 0 Å². The molecule has 19 heteroatoms. The summed E-state index contributed by atoms with van der Waals surface area (Å²) in [7, 11) is -9.78. The fraction of sp³-hybridized carbons (Fsp3) is 0. The van der Waals surface area contributed by atoms with Crippen LogP contribution in [0.15, 0.2) is 62.5 Å². The first kappa shape index (κ1) is 31.0. The minimum atomic E-state index is -5.09. The molecule has 0 aromatic heterocycles. The van der Waals surface area contributed by atoms with Gasteiger partial charge in [-0.15, -0.1) is 10.2 Å². The molecule has 0 unspecified atom stereocenters. The van der Waals surface area contributed by atoms with Gasteiger partial charge in [0.25, 0.3) is 25.9 Å². The third kappa shape index (κ3) is 6.79. The largest absolute Gasteiger partial charge is 1.00 e. The van der Waals surface area contributed by atoms with Crippen LogP contribution in [0.5, 0.6) is 5.75 Å². The summed E-state index contributed by atoms with van der Waals surface area (Å²) < 4.78 is 65.0. The van der Waals surface area contributed by atoms with Crippen molar-refractivity contribution < 1.29 is 100 Å². The van der Waals surface area contributed by atoms with Crippen LogP contribution in [0.2, 0.25) is 0 Å². The minimum absolute atomic E-state index is 0. The number of nitro groups is 2. The van der Waals surface area contributed by atoms with Crippen molar-refractivity contribution in [2.24, 2.45) is 10.2 Å². The molecule has 0 aliphatic rings. The first-order chi connectivity index (χ1) is 15.2. The Kier molecular flexibility index (Phi) is 10.0. The number of hydrogen-bond donors (Lipinski definition) is 3. The summed E-state index contributed by atoms with van der Waals surface area (Å²) in [6.45, 7) is 0. The van der Waals surface area contributed by atoms with Gasteiger partial charge in [-0.2, -0.15) is 16.8 Å². The molecule has 15 nitrogen and oxygen atoms in total. The molecule has 0 bridgehead atoms. The molecule has 0 fully saturated rings. The first-order valence-electron chi connectivity index (χ1n) is 8.29. The number of nitro benzene ring substituents is 2. The maximum absolute atomic E-state index is 11.8. The molecule has 0 atom stereocenters. The molecular weight excluding hydrogens is 534 g/mol. The second-order valence-corrected chi connectivity index (χ2v) is 9.10. The molecule has 3 N–H and O–H groups in total. The third-order valence-electron chi connectivity index (χ3n) is 4.22. The van der Waals surface area contributed by atoms with Crippen molar-refractivity contribution in [1.29, 1.82) is 0 Å². The van der Waals surface area contributed by atoms with Gasteiger partial charge >= 0.3 is 64.8 Å². The first-order valence-corrected chi connectivity index (χ1v) is 11.2. The zero-order valence-electron chi connectivity index (χ0n) is 17.8. The summed E-state index contributed by atoms with van der Waals surface area (Å²) in [5.41, 5.74) is -2.85. The Labute approximate surface area is 240 Å². The van der Waals surface area contributed by atoms with Crippen molar-refractivity contribution in [3.05, 3.63) is 62.7 Å². The van der Waals surface area contributed by atoms with Crippen molar-refractivity contribution >= 4 is 53.8 Å². The average molecular weight is 544 g/mol. The van der Waals surface area contributed by atoms with Gasteiger partial charge in [0.1, 0.15) is 10.6 Å². The normalized spacial score (nSPS) is 11.6. The number of benzene rings is 3. The number of nitrogens with zero attached hydrogens (tertiary/aromatic N) is 4. The van der Waals surface area contributed by atoms with Crippen molar-refractivity contribution in [3.63, 3.8) is 0 Å². The van der Waals surface area contributed by atoms with E-state index < -0.39 is 68.4 Å². The maximum Gasteiger partial charge on any atom is 1.00 e. The van der Waals surface area contributed by atoms with Crippen LogP contribution in [0.4, 0.5) is 22.7 Å². The Morgan fingerprint density at radius 2 is 1.43 bits per heavy atom. The molecule has 0 saturated carbocycles. The maximum atomic E-state index is 11.8. The minimum Gasteiger partial charge on any atom is -0.505 e. The molecule has 0 saturated heterocycles. The number of azo groups is 1. The zero-order valence-corrected chi connectivity index (χ0v) is 23.4. The van der Waals surface area contributed by atoms with E-state index in [2.05, 4.69) is 10.2 Å². The fourth-order valence-corrected chi connectivity index (χ4v) is 3.92. The van der Waals surface area contributed by atoms with Crippen LogP contribution in [-0.4, -0.2) is 40.9 Å². The summed E-state index contributed by atoms with van der Waals surface area (Å²) in [6, 6.07) is 5.79. The number of non-ortho nitro benzene ring substituents is 1. The Hall–Kier alpha value is -2.06. The Morgan fingerprint density at radius 3 is 1.94 bits per heavy atom. The van der Waals surface area contributed by atoms with Crippen LogP contribution in [0.3, 0.4) is 0 Å². The molecule has 3 aromatic rings. The van der Waals surface area contributed by atoms with E-state index in [1.165, 1.54) is 0 Å². The quantitative estimate of drug-likeness (QED) is 0.0946. The van der Waals surface area contributed by atoms with Crippen molar-refractivity contribution in [3.8, 4) is 5.75 Å². The van der Waals surface area contributed by atoms with E-state index in [9.17, 15) is 46.7 Å². The van der Waals surface area contributed by atoms with Crippen LogP contribution >= 0.6 is 0 Å². The predicted molar refractivity (Wildman–Crippen MR) is 109 cm³/mol.